The van der Waals surface area contributed by atoms with Crippen molar-refractivity contribution in [3.63, 3.8) is 0 Å². The minimum Gasteiger partial charge on any atom is -0.491 e. The SMILES string of the molecule is COCCCc1cnc(C2C=C(F)C(OC)=C(F)C2)c(-c2ccc(C(=O)O)cc2)n1. The molecular weight excluding hydrogens is 394 g/mol. The van der Waals surface area contributed by atoms with E-state index in [9.17, 15) is 13.6 Å². The molecule has 0 amide bonds. The van der Waals surface area contributed by atoms with Gasteiger partial charge in [-0.3, -0.25) is 4.98 Å². The monoisotopic (exact) mass is 416 g/mol. The second-order valence-corrected chi connectivity index (χ2v) is 6.84. The van der Waals surface area contributed by atoms with Gasteiger partial charge in [0.05, 0.1) is 29.8 Å². The van der Waals surface area contributed by atoms with Crippen molar-refractivity contribution in [3.8, 4) is 11.3 Å². The molecule has 2 aromatic rings. The number of carboxylic acid groups (broad SMARTS) is 1. The van der Waals surface area contributed by atoms with Crippen LogP contribution in [0.4, 0.5) is 8.78 Å². The number of aromatic nitrogens is 2. The van der Waals surface area contributed by atoms with Gasteiger partial charge in [-0.2, -0.15) is 0 Å². The van der Waals surface area contributed by atoms with Gasteiger partial charge >= 0.3 is 5.97 Å². The third kappa shape index (κ3) is 4.71. The van der Waals surface area contributed by atoms with Crippen LogP contribution in [0, 0.1) is 0 Å². The normalized spacial score (nSPS) is 16.4. The van der Waals surface area contributed by atoms with Gasteiger partial charge in [0.15, 0.2) is 11.6 Å². The van der Waals surface area contributed by atoms with E-state index in [1.807, 2.05) is 0 Å². The van der Waals surface area contributed by atoms with Crippen molar-refractivity contribution in [3.05, 3.63) is 70.9 Å². The van der Waals surface area contributed by atoms with Gasteiger partial charge in [0.1, 0.15) is 5.83 Å². The number of carboxylic acids is 1. The molecule has 6 nitrogen and oxygen atoms in total. The molecule has 8 heteroatoms. The maximum absolute atomic E-state index is 14.3. The van der Waals surface area contributed by atoms with Crippen LogP contribution < -0.4 is 0 Å². The topological polar surface area (TPSA) is 81.5 Å². The van der Waals surface area contributed by atoms with Crippen LogP contribution in [0.5, 0.6) is 0 Å². The minimum absolute atomic E-state index is 0.103. The Kier molecular flexibility index (Phi) is 6.89. The Morgan fingerprint density at radius 1 is 1.23 bits per heavy atom. The summed E-state index contributed by atoms with van der Waals surface area (Å²) in [6.07, 6.45) is 4.13. The van der Waals surface area contributed by atoms with Crippen molar-refractivity contribution in [2.75, 3.05) is 20.8 Å². The summed E-state index contributed by atoms with van der Waals surface area (Å²) in [6.45, 7) is 0.568. The van der Waals surface area contributed by atoms with Gasteiger partial charge in [0, 0.05) is 37.8 Å². The number of nitrogens with zero attached hydrogens (tertiary/aromatic N) is 2. The van der Waals surface area contributed by atoms with E-state index in [-0.39, 0.29) is 12.0 Å². The molecule has 0 radical (unpaired) electrons. The van der Waals surface area contributed by atoms with Crippen LogP contribution in [0.25, 0.3) is 11.3 Å². The minimum atomic E-state index is -1.04. The van der Waals surface area contributed by atoms with Crippen LogP contribution in [0.15, 0.2) is 54.0 Å². The van der Waals surface area contributed by atoms with E-state index in [0.29, 0.717) is 35.7 Å². The van der Waals surface area contributed by atoms with Crippen LogP contribution in [-0.4, -0.2) is 41.9 Å². The van der Waals surface area contributed by atoms with Gasteiger partial charge in [-0.05, 0) is 31.1 Å². The Bertz CT molecular complexity index is 987. The molecule has 0 bridgehead atoms. The number of aromatic carboxylic acids is 1. The number of rotatable bonds is 8. The number of halogens is 2. The fourth-order valence-corrected chi connectivity index (χ4v) is 3.32. The molecule has 1 heterocycles. The fourth-order valence-electron chi connectivity index (χ4n) is 3.32. The third-order valence-corrected chi connectivity index (χ3v) is 4.80. The van der Waals surface area contributed by atoms with E-state index < -0.39 is 29.3 Å². The first kappa shape index (κ1) is 21.6. The second-order valence-electron chi connectivity index (χ2n) is 6.84. The van der Waals surface area contributed by atoms with Crippen molar-refractivity contribution in [1.29, 1.82) is 0 Å². The predicted molar refractivity (Wildman–Crippen MR) is 106 cm³/mol. The Morgan fingerprint density at radius 3 is 2.57 bits per heavy atom. The maximum Gasteiger partial charge on any atom is 0.335 e. The molecule has 1 unspecified atom stereocenters. The number of methoxy groups -OCH3 is 2. The zero-order chi connectivity index (χ0) is 21.7. The van der Waals surface area contributed by atoms with Crippen molar-refractivity contribution in [2.45, 2.75) is 25.2 Å². The Morgan fingerprint density at radius 2 is 1.97 bits per heavy atom. The van der Waals surface area contributed by atoms with Crippen molar-refractivity contribution < 1.29 is 28.2 Å². The predicted octanol–water partition coefficient (Wildman–Crippen LogP) is 4.59. The lowest BCUT2D eigenvalue weighted by Gasteiger charge is -2.21. The lowest BCUT2D eigenvalue weighted by molar-refractivity contribution is 0.0697. The number of allylic oxidation sites excluding steroid dienone is 3. The van der Waals surface area contributed by atoms with E-state index in [0.717, 1.165) is 6.42 Å². The van der Waals surface area contributed by atoms with Gasteiger partial charge < -0.3 is 14.6 Å². The van der Waals surface area contributed by atoms with Gasteiger partial charge in [0.2, 0.25) is 0 Å². The average Bonchev–Trinajstić information content (AvgIpc) is 2.73. The summed E-state index contributed by atoms with van der Waals surface area (Å²) in [5.74, 6) is -3.59. The highest BCUT2D eigenvalue weighted by molar-refractivity contribution is 5.88. The third-order valence-electron chi connectivity index (χ3n) is 4.80. The van der Waals surface area contributed by atoms with Crippen molar-refractivity contribution >= 4 is 5.97 Å². The number of hydrogen-bond acceptors (Lipinski definition) is 5. The smallest absolute Gasteiger partial charge is 0.335 e. The molecule has 0 spiro atoms. The van der Waals surface area contributed by atoms with Crippen LogP contribution in [0.2, 0.25) is 0 Å². The number of carbonyl (C=O) groups is 1. The van der Waals surface area contributed by atoms with Crippen molar-refractivity contribution in [1.82, 2.24) is 9.97 Å². The molecule has 1 aliphatic carbocycles. The first-order valence-electron chi connectivity index (χ1n) is 9.43. The first-order chi connectivity index (χ1) is 14.4. The molecule has 3 rings (SSSR count). The molecule has 0 saturated carbocycles. The molecular formula is C22H22F2N2O4. The Balaban J connectivity index is 2.02. The van der Waals surface area contributed by atoms with E-state index in [2.05, 4.69) is 9.97 Å². The zero-order valence-corrected chi connectivity index (χ0v) is 16.7. The Hall–Kier alpha value is -3.13. The Labute approximate surface area is 172 Å². The van der Waals surface area contributed by atoms with Gasteiger partial charge in [0.25, 0.3) is 0 Å². The zero-order valence-electron chi connectivity index (χ0n) is 16.7. The first-order valence-corrected chi connectivity index (χ1v) is 9.43. The lowest BCUT2D eigenvalue weighted by atomic mass is 9.91. The summed E-state index contributed by atoms with van der Waals surface area (Å²) in [7, 11) is 2.83. The van der Waals surface area contributed by atoms with Crippen LogP contribution in [0.3, 0.4) is 0 Å². The standard InChI is InChI=1S/C22H22F2N2O4/c1-29-9-3-4-16-12-25-19(15-10-17(23)21(30-2)18(24)11-15)20(26-16)13-5-7-14(8-6-13)22(27)28/h5-8,10,12,15H,3-4,9,11H2,1-2H3,(H,27,28). The largest absolute Gasteiger partial charge is 0.491 e. The molecule has 1 aliphatic rings. The van der Waals surface area contributed by atoms with E-state index in [4.69, 9.17) is 14.6 Å². The summed E-state index contributed by atoms with van der Waals surface area (Å²) in [5, 5.41) is 9.13. The number of aryl methyl sites for hydroxylation is 1. The molecule has 1 N–H and O–H groups in total. The second kappa shape index (κ2) is 9.58. The summed E-state index contributed by atoms with van der Waals surface area (Å²) < 4.78 is 38.5. The van der Waals surface area contributed by atoms with E-state index in [1.54, 1.807) is 25.4 Å². The summed E-state index contributed by atoms with van der Waals surface area (Å²) in [6, 6.07) is 6.15. The fraction of sp³-hybridized carbons (Fsp3) is 0.318. The highest BCUT2D eigenvalue weighted by Gasteiger charge is 2.28. The lowest BCUT2D eigenvalue weighted by Crippen LogP contribution is -2.11. The van der Waals surface area contributed by atoms with E-state index >= 15 is 0 Å². The molecule has 30 heavy (non-hydrogen) atoms. The van der Waals surface area contributed by atoms with Crippen LogP contribution in [-0.2, 0) is 15.9 Å². The number of benzene rings is 1. The van der Waals surface area contributed by atoms with Gasteiger partial charge in [-0.25, -0.2) is 18.6 Å². The molecule has 0 aliphatic heterocycles. The number of hydrogen-bond donors (Lipinski definition) is 1. The quantitative estimate of drug-likeness (QED) is 0.634. The summed E-state index contributed by atoms with van der Waals surface area (Å²) >= 11 is 0. The van der Waals surface area contributed by atoms with Crippen LogP contribution >= 0.6 is 0 Å². The van der Waals surface area contributed by atoms with Gasteiger partial charge in [-0.15, -0.1) is 0 Å². The molecule has 0 fully saturated rings. The average molecular weight is 416 g/mol. The molecule has 1 atom stereocenters. The highest BCUT2D eigenvalue weighted by Crippen LogP contribution is 2.38. The van der Waals surface area contributed by atoms with E-state index in [1.165, 1.54) is 25.3 Å². The molecule has 0 saturated heterocycles. The maximum atomic E-state index is 14.3. The highest BCUT2D eigenvalue weighted by atomic mass is 19.1. The van der Waals surface area contributed by atoms with Crippen LogP contribution in [0.1, 0.15) is 40.5 Å². The molecule has 1 aromatic heterocycles. The molecule has 1 aromatic carbocycles. The molecule has 158 valence electrons. The summed E-state index contributed by atoms with van der Waals surface area (Å²) in [4.78, 5) is 20.3. The number of ether oxygens (including phenoxy) is 2. The summed E-state index contributed by atoms with van der Waals surface area (Å²) in [5.41, 5.74) is 2.33. The van der Waals surface area contributed by atoms with Crippen molar-refractivity contribution in [2.24, 2.45) is 0 Å². The van der Waals surface area contributed by atoms with Gasteiger partial charge in [-0.1, -0.05) is 12.1 Å².